The van der Waals surface area contributed by atoms with Gasteiger partial charge < -0.3 is 10.6 Å². The van der Waals surface area contributed by atoms with Crippen LogP contribution >= 0.6 is 0 Å². The van der Waals surface area contributed by atoms with Crippen LogP contribution in [-0.2, 0) is 6.54 Å². The van der Waals surface area contributed by atoms with Crippen LogP contribution in [0, 0.1) is 10.1 Å². The lowest BCUT2D eigenvalue weighted by Crippen LogP contribution is -2.24. The van der Waals surface area contributed by atoms with Crippen LogP contribution in [0.15, 0.2) is 30.6 Å². The molecule has 9 nitrogen and oxygen atoms in total. The van der Waals surface area contributed by atoms with Gasteiger partial charge in [0.05, 0.1) is 17.2 Å². The van der Waals surface area contributed by atoms with Crippen molar-refractivity contribution in [2.45, 2.75) is 6.54 Å². The van der Waals surface area contributed by atoms with Crippen molar-refractivity contribution >= 4 is 17.4 Å². The zero-order valence-corrected chi connectivity index (χ0v) is 11.1. The summed E-state index contributed by atoms with van der Waals surface area (Å²) in [5, 5.41) is 23.7. The summed E-state index contributed by atoms with van der Waals surface area (Å²) in [6, 6.07) is 4.69. The Kier molecular flexibility index (Phi) is 4.34. The van der Waals surface area contributed by atoms with Crippen molar-refractivity contribution in [2.24, 2.45) is 0 Å². The minimum Gasteiger partial charge on any atom is -0.373 e. The summed E-state index contributed by atoms with van der Waals surface area (Å²) in [6.45, 7) is 0.126. The molecule has 0 unspecified atom stereocenters. The van der Waals surface area contributed by atoms with Gasteiger partial charge in [0, 0.05) is 19.3 Å². The van der Waals surface area contributed by atoms with Crippen molar-refractivity contribution in [3.8, 4) is 0 Å². The van der Waals surface area contributed by atoms with E-state index in [0.717, 1.165) is 6.20 Å². The van der Waals surface area contributed by atoms with E-state index in [4.69, 9.17) is 0 Å². The molecule has 2 heterocycles. The number of nitrogens with zero attached hydrogens (tertiary/aromatic N) is 4. The van der Waals surface area contributed by atoms with Gasteiger partial charge in [0.15, 0.2) is 0 Å². The van der Waals surface area contributed by atoms with Crippen molar-refractivity contribution < 1.29 is 9.72 Å². The first-order chi connectivity index (χ1) is 10.1. The third-order valence-corrected chi connectivity index (χ3v) is 2.64. The lowest BCUT2D eigenvalue weighted by Gasteiger charge is -2.06. The predicted octanol–water partition coefficient (Wildman–Crippen LogP) is 0.751. The minimum absolute atomic E-state index is 0.0664. The van der Waals surface area contributed by atoms with Crippen LogP contribution in [0.1, 0.15) is 16.1 Å². The maximum absolute atomic E-state index is 12.1. The SMILES string of the molecule is CNc1cc(C(=O)NCc2cccnn2)c([N+](=O)[O-])cn1. The molecule has 2 aromatic heterocycles. The molecule has 0 saturated heterocycles. The van der Waals surface area contributed by atoms with Crippen LogP contribution in [0.25, 0.3) is 0 Å². The Hall–Kier alpha value is -3.10. The predicted molar refractivity (Wildman–Crippen MR) is 73.6 cm³/mol. The highest BCUT2D eigenvalue weighted by Gasteiger charge is 2.21. The summed E-state index contributed by atoms with van der Waals surface area (Å²) in [5.74, 6) is -0.212. The number of carbonyl (C=O) groups is 1. The van der Waals surface area contributed by atoms with Gasteiger partial charge in [0.25, 0.3) is 11.6 Å². The molecule has 0 aliphatic heterocycles. The number of hydrogen-bond acceptors (Lipinski definition) is 7. The number of pyridine rings is 1. The number of aromatic nitrogens is 3. The second-order valence-electron chi connectivity index (χ2n) is 3.99. The van der Waals surface area contributed by atoms with Gasteiger partial charge in [-0.25, -0.2) is 4.98 Å². The summed E-state index contributed by atoms with van der Waals surface area (Å²) < 4.78 is 0. The van der Waals surface area contributed by atoms with Crippen molar-refractivity contribution in [3.05, 3.63) is 52.0 Å². The minimum atomic E-state index is -0.649. The first-order valence-corrected chi connectivity index (χ1v) is 5.98. The number of hydrogen-bond donors (Lipinski definition) is 2. The molecule has 0 spiro atoms. The van der Waals surface area contributed by atoms with Crippen molar-refractivity contribution in [2.75, 3.05) is 12.4 Å². The summed E-state index contributed by atoms with van der Waals surface area (Å²) in [7, 11) is 1.61. The highest BCUT2D eigenvalue weighted by Crippen LogP contribution is 2.20. The number of rotatable bonds is 5. The van der Waals surface area contributed by atoms with Gasteiger partial charge in [-0.3, -0.25) is 14.9 Å². The maximum Gasteiger partial charge on any atom is 0.300 e. The van der Waals surface area contributed by atoms with E-state index in [1.54, 1.807) is 19.2 Å². The molecule has 21 heavy (non-hydrogen) atoms. The van der Waals surface area contributed by atoms with E-state index in [1.807, 2.05) is 0 Å². The standard InChI is InChI=1S/C12H12N6O3/c1-13-11-5-9(10(7-14-11)18(20)21)12(19)15-6-8-3-2-4-16-17-8/h2-5,7H,6H2,1H3,(H,13,14)(H,15,19). The normalized spacial score (nSPS) is 9.95. The fourth-order valence-electron chi connectivity index (χ4n) is 1.61. The van der Waals surface area contributed by atoms with Gasteiger partial charge in [0.1, 0.15) is 17.6 Å². The lowest BCUT2D eigenvalue weighted by atomic mass is 10.2. The molecule has 0 radical (unpaired) electrons. The van der Waals surface area contributed by atoms with Gasteiger partial charge in [-0.2, -0.15) is 10.2 Å². The molecule has 0 aromatic carbocycles. The summed E-state index contributed by atoms with van der Waals surface area (Å²) in [6.07, 6.45) is 2.56. The van der Waals surface area contributed by atoms with Crippen LogP contribution in [0.3, 0.4) is 0 Å². The molecular weight excluding hydrogens is 276 g/mol. The van der Waals surface area contributed by atoms with Gasteiger partial charge in [-0.1, -0.05) is 0 Å². The van der Waals surface area contributed by atoms with Crippen LogP contribution in [0.5, 0.6) is 0 Å². The molecule has 1 amide bonds. The molecule has 108 valence electrons. The molecule has 0 saturated carbocycles. The summed E-state index contributed by atoms with van der Waals surface area (Å²) >= 11 is 0. The molecule has 9 heteroatoms. The van der Waals surface area contributed by atoms with Crippen molar-refractivity contribution in [1.29, 1.82) is 0 Å². The fourth-order valence-corrected chi connectivity index (χ4v) is 1.61. The third kappa shape index (κ3) is 3.47. The second kappa shape index (κ2) is 6.37. The zero-order chi connectivity index (χ0) is 15.2. The Labute approximate surface area is 119 Å². The molecule has 0 aliphatic carbocycles. The number of nitro groups is 1. The first-order valence-electron chi connectivity index (χ1n) is 5.98. The summed E-state index contributed by atoms with van der Waals surface area (Å²) in [5.41, 5.74) is 0.130. The Balaban J connectivity index is 2.19. The number of carbonyl (C=O) groups excluding carboxylic acids is 1. The fraction of sp³-hybridized carbons (Fsp3) is 0.167. The first kappa shape index (κ1) is 14.3. The van der Waals surface area contributed by atoms with Crippen LogP contribution in [0.4, 0.5) is 11.5 Å². The highest BCUT2D eigenvalue weighted by molar-refractivity contribution is 5.98. The van der Waals surface area contributed by atoms with E-state index in [1.165, 1.54) is 12.3 Å². The molecule has 2 aromatic rings. The van der Waals surface area contributed by atoms with Crippen molar-refractivity contribution in [3.63, 3.8) is 0 Å². The molecule has 0 atom stereocenters. The smallest absolute Gasteiger partial charge is 0.300 e. The quantitative estimate of drug-likeness (QED) is 0.614. The monoisotopic (exact) mass is 288 g/mol. The van der Waals surface area contributed by atoms with Crippen LogP contribution in [-0.4, -0.2) is 33.1 Å². The van der Waals surface area contributed by atoms with Gasteiger partial charge in [-0.15, -0.1) is 0 Å². The van der Waals surface area contributed by atoms with Crippen LogP contribution < -0.4 is 10.6 Å². The second-order valence-corrected chi connectivity index (χ2v) is 3.99. The average molecular weight is 288 g/mol. The molecule has 0 aliphatic rings. The number of amides is 1. The van der Waals surface area contributed by atoms with Gasteiger partial charge in [-0.05, 0) is 12.1 Å². The van der Waals surface area contributed by atoms with E-state index < -0.39 is 10.8 Å². The van der Waals surface area contributed by atoms with E-state index >= 15 is 0 Å². The summed E-state index contributed by atoms with van der Waals surface area (Å²) in [4.78, 5) is 26.2. The molecule has 0 bridgehead atoms. The Bertz CT molecular complexity index is 661. The third-order valence-electron chi connectivity index (χ3n) is 2.64. The molecular formula is C12H12N6O3. The zero-order valence-electron chi connectivity index (χ0n) is 11.1. The Morgan fingerprint density at radius 3 is 2.90 bits per heavy atom. The Morgan fingerprint density at radius 2 is 2.29 bits per heavy atom. The topological polar surface area (TPSA) is 123 Å². The van der Waals surface area contributed by atoms with E-state index in [-0.39, 0.29) is 17.8 Å². The van der Waals surface area contributed by atoms with E-state index in [2.05, 4.69) is 25.8 Å². The van der Waals surface area contributed by atoms with Crippen molar-refractivity contribution in [1.82, 2.24) is 20.5 Å². The maximum atomic E-state index is 12.1. The largest absolute Gasteiger partial charge is 0.373 e. The molecule has 2 rings (SSSR count). The van der Waals surface area contributed by atoms with Crippen LogP contribution in [0.2, 0.25) is 0 Å². The number of nitrogens with one attached hydrogen (secondary N) is 2. The van der Waals surface area contributed by atoms with E-state index in [0.29, 0.717) is 11.5 Å². The lowest BCUT2D eigenvalue weighted by molar-refractivity contribution is -0.385. The van der Waals surface area contributed by atoms with E-state index in [9.17, 15) is 14.9 Å². The Morgan fingerprint density at radius 1 is 1.48 bits per heavy atom. The van der Waals surface area contributed by atoms with Gasteiger partial charge >= 0.3 is 0 Å². The highest BCUT2D eigenvalue weighted by atomic mass is 16.6. The van der Waals surface area contributed by atoms with Gasteiger partial charge in [0.2, 0.25) is 0 Å². The molecule has 2 N–H and O–H groups in total. The average Bonchev–Trinajstić information content (AvgIpc) is 2.52. The molecule has 0 fully saturated rings. The number of anilines is 1.